The maximum absolute atomic E-state index is 6.33. The Bertz CT molecular complexity index is 612. The molecule has 0 bridgehead atoms. The molecule has 0 amide bonds. The molecule has 2 heterocycles. The van der Waals surface area contributed by atoms with Gasteiger partial charge in [0.1, 0.15) is 0 Å². The largest absolute Gasteiger partial charge is 0.337 e. The van der Waals surface area contributed by atoms with Crippen LogP contribution in [-0.2, 0) is 13.1 Å². The molecule has 2 aromatic rings. The summed E-state index contributed by atoms with van der Waals surface area (Å²) in [7, 11) is 0. The smallest absolute Gasteiger partial charge is 0.0945 e. The molecular formula is C15H18Cl2N4. The maximum Gasteiger partial charge on any atom is 0.0945 e. The number of nitrogens with two attached hydrogens (primary N) is 1. The van der Waals surface area contributed by atoms with E-state index in [0.29, 0.717) is 16.6 Å². The molecule has 0 saturated carbocycles. The van der Waals surface area contributed by atoms with Crippen LogP contribution in [-0.4, -0.2) is 27.5 Å². The van der Waals surface area contributed by atoms with Gasteiger partial charge in [-0.3, -0.25) is 4.90 Å². The summed E-state index contributed by atoms with van der Waals surface area (Å²) >= 11 is 12.4. The second-order valence-electron chi connectivity index (χ2n) is 5.31. The van der Waals surface area contributed by atoms with E-state index in [2.05, 4.69) is 20.5 Å². The van der Waals surface area contributed by atoms with E-state index in [-0.39, 0.29) is 6.04 Å². The lowest BCUT2D eigenvalue weighted by atomic mass is 10.1. The van der Waals surface area contributed by atoms with E-state index in [1.807, 2.05) is 18.6 Å². The zero-order valence-electron chi connectivity index (χ0n) is 11.7. The lowest BCUT2D eigenvalue weighted by Gasteiger charge is -2.23. The van der Waals surface area contributed by atoms with Gasteiger partial charge in [0.05, 0.1) is 16.4 Å². The Balaban J connectivity index is 1.68. The summed E-state index contributed by atoms with van der Waals surface area (Å²) in [6.45, 7) is 3.35. The lowest BCUT2D eigenvalue weighted by molar-refractivity contribution is 0.213. The summed E-state index contributed by atoms with van der Waals surface area (Å²) < 4.78 is 2.09. The summed E-state index contributed by atoms with van der Waals surface area (Å²) in [6, 6.07) is 4.15. The van der Waals surface area contributed by atoms with Crippen LogP contribution in [0.15, 0.2) is 30.9 Å². The third kappa shape index (κ3) is 2.94. The molecular weight excluding hydrogens is 307 g/mol. The standard InChI is InChI=1S/C15H18Cl2N4/c16-13-3-2-11-12(15(13)17)9-21(14(11)8-18)6-1-5-20-7-4-19-10-20/h2-4,7,10,14H,1,5-6,8-9,18H2. The molecule has 21 heavy (non-hydrogen) atoms. The van der Waals surface area contributed by atoms with E-state index in [1.54, 1.807) is 6.20 Å². The number of benzene rings is 1. The van der Waals surface area contributed by atoms with E-state index in [0.717, 1.165) is 31.6 Å². The van der Waals surface area contributed by atoms with Gasteiger partial charge in [-0.05, 0) is 23.6 Å². The summed E-state index contributed by atoms with van der Waals surface area (Å²) in [5, 5.41) is 1.29. The first-order valence-electron chi connectivity index (χ1n) is 7.07. The number of aryl methyl sites for hydroxylation is 1. The zero-order valence-corrected chi connectivity index (χ0v) is 13.2. The van der Waals surface area contributed by atoms with E-state index in [4.69, 9.17) is 28.9 Å². The van der Waals surface area contributed by atoms with E-state index >= 15 is 0 Å². The first-order chi connectivity index (χ1) is 10.2. The van der Waals surface area contributed by atoms with Crippen LogP contribution >= 0.6 is 23.2 Å². The van der Waals surface area contributed by atoms with Crippen molar-refractivity contribution in [2.24, 2.45) is 5.73 Å². The van der Waals surface area contributed by atoms with Crippen LogP contribution in [0.2, 0.25) is 10.0 Å². The van der Waals surface area contributed by atoms with Crippen molar-refractivity contribution in [1.29, 1.82) is 0 Å². The van der Waals surface area contributed by atoms with Gasteiger partial charge in [0.2, 0.25) is 0 Å². The van der Waals surface area contributed by atoms with Gasteiger partial charge in [-0.25, -0.2) is 4.98 Å². The Kier molecular flexibility index (Phi) is 4.50. The Morgan fingerprint density at radius 1 is 1.29 bits per heavy atom. The number of hydrogen-bond acceptors (Lipinski definition) is 3. The summed E-state index contributed by atoms with van der Waals surface area (Å²) in [6.07, 6.45) is 6.67. The van der Waals surface area contributed by atoms with Crippen LogP contribution in [0.5, 0.6) is 0 Å². The molecule has 0 radical (unpaired) electrons. The molecule has 2 N–H and O–H groups in total. The van der Waals surface area contributed by atoms with Crippen molar-refractivity contribution in [3.63, 3.8) is 0 Å². The normalized spacial score (nSPS) is 18.1. The molecule has 0 spiro atoms. The Morgan fingerprint density at radius 2 is 2.14 bits per heavy atom. The van der Waals surface area contributed by atoms with Crippen LogP contribution < -0.4 is 5.73 Å². The van der Waals surface area contributed by atoms with Gasteiger partial charge in [0.15, 0.2) is 0 Å². The Morgan fingerprint density at radius 3 is 2.86 bits per heavy atom. The average molecular weight is 325 g/mol. The maximum atomic E-state index is 6.33. The molecule has 1 unspecified atom stereocenters. The van der Waals surface area contributed by atoms with E-state index in [9.17, 15) is 0 Å². The minimum Gasteiger partial charge on any atom is -0.337 e. The summed E-state index contributed by atoms with van der Waals surface area (Å²) in [5.41, 5.74) is 8.30. The van der Waals surface area contributed by atoms with Crippen LogP contribution in [0.25, 0.3) is 0 Å². The van der Waals surface area contributed by atoms with Crippen molar-refractivity contribution >= 4 is 23.2 Å². The fourth-order valence-electron chi connectivity index (χ4n) is 2.98. The van der Waals surface area contributed by atoms with Gasteiger partial charge in [0.25, 0.3) is 0 Å². The van der Waals surface area contributed by atoms with Crippen molar-refractivity contribution < 1.29 is 0 Å². The SMILES string of the molecule is NCC1c2ccc(Cl)c(Cl)c2CN1CCCn1ccnc1. The number of halogens is 2. The molecule has 0 aliphatic carbocycles. The minimum absolute atomic E-state index is 0.234. The molecule has 1 atom stereocenters. The number of hydrogen-bond donors (Lipinski definition) is 1. The van der Waals surface area contributed by atoms with Gasteiger partial charge in [0, 0.05) is 44.6 Å². The predicted molar refractivity (Wildman–Crippen MR) is 85.5 cm³/mol. The Labute approximate surface area is 134 Å². The number of aromatic nitrogens is 2. The highest BCUT2D eigenvalue weighted by Crippen LogP contribution is 2.40. The summed E-state index contributed by atoms with van der Waals surface area (Å²) in [5.74, 6) is 0. The van der Waals surface area contributed by atoms with E-state index in [1.165, 1.54) is 5.56 Å². The number of fused-ring (bicyclic) bond motifs is 1. The second-order valence-corrected chi connectivity index (χ2v) is 6.09. The van der Waals surface area contributed by atoms with Crippen molar-refractivity contribution in [1.82, 2.24) is 14.5 Å². The highest BCUT2D eigenvalue weighted by molar-refractivity contribution is 6.42. The number of imidazole rings is 1. The highest BCUT2D eigenvalue weighted by atomic mass is 35.5. The van der Waals surface area contributed by atoms with Crippen molar-refractivity contribution in [2.75, 3.05) is 13.1 Å². The number of rotatable bonds is 5. The third-order valence-electron chi connectivity index (χ3n) is 4.04. The topological polar surface area (TPSA) is 47.1 Å². The average Bonchev–Trinajstić information content (AvgIpc) is 3.10. The van der Waals surface area contributed by atoms with Crippen molar-refractivity contribution in [2.45, 2.75) is 25.6 Å². The predicted octanol–water partition coefficient (Wildman–Crippen LogP) is 3.10. The molecule has 1 aliphatic heterocycles. The highest BCUT2D eigenvalue weighted by Gasteiger charge is 2.30. The molecule has 1 aliphatic rings. The van der Waals surface area contributed by atoms with Crippen LogP contribution in [0, 0.1) is 0 Å². The molecule has 6 heteroatoms. The molecule has 112 valence electrons. The zero-order chi connectivity index (χ0) is 14.8. The Hall–Kier alpha value is -1.07. The van der Waals surface area contributed by atoms with Gasteiger partial charge >= 0.3 is 0 Å². The first-order valence-corrected chi connectivity index (χ1v) is 7.83. The van der Waals surface area contributed by atoms with Crippen molar-refractivity contribution in [3.05, 3.63) is 52.0 Å². The molecule has 3 rings (SSSR count). The van der Waals surface area contributed by atoms with Crippen molar-refractivity contribution in [3.8, 4) is 0 Å². The van der Waals surface area contributed by atoms with Gasteiger partial charge in [-0.2, -0.15) is 0 Å². The molecule has 4 nitrogen and oxygen atoms in total. The fraction of sp³-hybridized carbons (Fsp3) is 0.400. The molecule has 0 fully saturated rings. The second kappa shape index (κ2) is 6.36. The van der Waals surface area contributed by atoms with Crippen LogP contribution in [0.4, 0.5) is 0 Å². The van der Waals surface area contributed by atoms with Gasteiger partial charge < -0.3 is 10.3 Å². The lowest BCUT2D eigenvalue weighted by Crippen LogP contribution is -2.29. The molecule has 1 aromatic carbocycles. The fourth-order valence-corrected chi connectivity index (χ4v) is 3.39. The first kappa shape index (κ1) is 14.9. The quantitative estimate of drug-likeness (QED) is 0.919. The van der Waals surface area contributed by atoms with E-state index < -0.39 is 0 Å². The third-order valence-corrected chi connectivity index (χ3v) is 4.88. The van der Waals surface area contributed by atoms with Crippen LogP contribution in [0.3, 0.4) is 0 Å². The molecule has 0 saturated heterocycles. The minimum atomic E-state index is 0.234. The number of nitrogens with zero attached hydrogens (tertiary/aromatic N) is 3. The van der Waals surface area contributed by atoms with Crippen LogP contribution in [0.1, 0.15) is 23.6 Å². The monoisotopic (exact) mass is 324 g/mol. The molecule has 1 aromatic heterocycles. The van der Waals surface area contributed by atoms with Gasteiger partial charge in [-0.15, -0.1) is 0 Å². The van der Waals surface area contributed by atoms with Gasteiger partial charge in [-0.1, -0.05) is 29.3 Å². The summed E-state index contributed by atoms with van der Waals surface area (Å²) in [4.78, 5) is 6.43.